The van der Waals surface area contributed by atoms with Crippen molar-refractivity contribution in [1.82, 2.24) is 19.4 Å². The van der Waals surface area contributed by atoms with Crippen LogP contribution >= 0.6 is 11.6 Å². The highest BCUT2D eigenvalue weighted by atomic mass is 35.5. The first-order chi connectivity index (χ1) is 15.8. The molecule has 0 bridgehead atoms. The van der Waals surface area contributed by atoms with Gasteiger partial charge in [0.2, 0.25) is 0 Å². The SMILES string of the molecule is Cc1c(-c2cc(N3CCN(c4ccc(C(C)(C)O)cn4)CC3)ccc2Cl)nc2cnccn12. The van der Waals surface area contributed by atoms with Crippen molar-refractivity contribution in [2.45, 2.75) is 26.4 Å². The summed E-state index contributed by atoms with van der Waals surface area (Å²) in [5.74, 6) is 0.938. The standard InChI is InChI=1S/C25H27ClN6O/c1-17-24(29-23-16-27-8-9-32(17)23)20-14-19(5-6-21(20)26)30-10-12-31(13-11-30)22-7-4-18(15-28-22)25(2,3)33/h4-9,14-16,33H,10-13H2,1-3H3. The van der Waals surface area contributed by atoms with Crippen molar-refractivity contribution in [3.05, 3.63) is 71.4 Å². The van der Waals surface area contributed by atoms with Crippen molar-refractivity contribution in [2.24, 2.45) is 0 Å². The van der Waals surface area contributed by atoms with E-state index >= 15 is 0 Å². The van der Waals surface area contributed by atoms with E-state index in [1.807, 2.05) is 35.7 Å². The number of aromatic nitrogens is 4. The van der Waals surface area contributed by atoms with Gasteiger partial charge in [-0.1, -0.05) is 17.7 Å². The second-order valence-corrected chi connectivity index (χ2v) is 9.36. The molecule has 0 saturated carbocycles. The molecule has 1 saturated heterocycles. The first-order valence-electron chi connectivity index (χ1n) is 11.1. The lowest BCUT2D eigenvalue weighted by molar-refractivity contribution is 0.0782. The maximum absolute atomic E-state index is 10.2. The molecule has 4 aromatic rings. The fourth-order valence-electron chi connectivity index (χ4n) is 4.30. The molecular formula is C25H27ClN6O. The molecule has 0 amide bonds. The highest BCUT2D eigenvalue weighted by molar-refractivity contribution is 6.33. The van der Waals surface area contributed by atoms with Gasteiger partial charge in [0.15, 0.2) is 5.65 Å². The van der Waals surface area contributed by atoms with Crippen LogP contribution in [0.15, 0.2) is 55.1 Å². The van der Waals surface area contributed by atoms with Gasteiger partial charge >= 0.3 is 0 Å². The summed E-state index contributed by atoms with van der Waals surface area (Å²) in [5, 5.41) is 10.8. The Hall–Kier alpha value is -3.16. The number of hydrogen-bond donors (Lipinski definition) is 1. The van der Waals surface area contributed by atoms with Gasteiger partial charge < -0.3 is 19.3 Å². The van der Waals surface area contributed by atoms with Gasteiger partial charge in [-0.25, -0.2) is 9.97 Å². The maximum Gasteiger partial charge on any atom is 0.156 e. The normalized spacial score (nSPS) is 14.8. The number of pyridine rings is 1. The zero-order valence-electron chi connectivity index (χ0n) is 19.0. The minimum Gasteiger partial charge on any atom is -0.386 e. The topological polar surface area (TPSA) is 69.8 Å². The quantitative estimate of drug-likeness (QED) is 0.487. The van der Waals surface area contributed by atoms with Crippen LogP contribution in [0.1, 0.15) is 25.1 Å². The highest BCUT2D eigenvalue weighted by Gasteiger charge is 2.22. The number of benzene rings is 1. The van der Waals surface area contributed by atoms with Crippen LogP contribution in [-0.2, 0) is 5.60 Å². The smallest absolute Gasteiger partial charge is 0.156 e. The van der Waals surface area contributed by atoms with Gasteiger partial charge in [0.1, 0.15) is 5.82 Å². The van der Waals surface area contributed by atoms with Crippen molar-refractivity contribution < 1.29 is 5.11 Å². The molecule has 1 aliphatic heterocycles. The number of piperazine rings is 1. The fourth-order valence-corrected chi connectivity index (χ4v) is 4.51. The molecule has 0 spiro atoms. The Kier molecular flexibility index (Phi) is 5.46. The summed E-state index contributed by atoms with van der Waals surface area (Å²) >= 11 is 6.60. The van der Waals surface area contributed by atoms with E-state index in [1.165, 1.54) is 0 Å². The van der Waals surface area contributed by atoms with Crippen LogP contribution in [0, 0.1) is 6.92 Å². The van der Waals surface area contributed by atoms with Crippen LogP contribution in [0.2, 0.25) is 5.02 Å². The van der Waals surface area contributed by atoms with Crippen molar-refractivity contribution in [3.63, 3.8) is 0 Å². The molecule has 1 fully saturated rings. The molecule has 0 atom stereocenters. The maximum atomic E-state index is 10.2. The van der Waals surface area contributed by atoms with Gasteiger partial charge in [-0.15, -0.1) is 0 Å². The third-order valence-electron chi connectivity index (χ3n) is 6.30. The van der Waals surface area contributed by atoms with Crippen LogP contribution in [0.4, 0.5) is 11.5 Å². The number of rotatable bonds is 4. The number of imidazole rings is 1. The number of aliphatic hydroxyl groups is 1. The van der Waals surface area contributed by atoms with Crippen LogP contribution in [0.25, 0.3) is 16.9 Å². The van der Waals surface area contributed by atoms with Crippen molar-refractivity contribution >= 4 is 28.8 Å². The zero-order valence-corrected chi connectivity index (χ0v) is 19.8. The van der Waals surface area contributed by atoms with E-state index in [9.17, 15) is 5.11 Å². The zero-order chi connectivity index (χ0) is 23.2. The van der Waals surface area contributed by atoms with Gasteiger partial charge in [-0.3, -0.25) is 4.98 Å². The lowest BCUT2D eigenvalue weighted by Crippen LogP contribution is -2.46. The summed E-state index contributed by atoms with van der Waals surface area (Å²) in [6.45, 7) is 9.08. The predicted octanol–water partition coefficient (Wildman–Crippen LogP) is 4.31. The molecule has 1 aromatic carbocycles. The highest BCUT2D eigenvalue weighted by Crippen LogP contribution is 2.34. The van der Waals surface area contributed by atoms with Crippen molar-refractivity contribution in [1.29, 1.82) is 0 Å². The van der Waals surface area contributed by atoms with Crippen LogP contribution in [0.3, 0.4) is 0 Å². The van der Waals surface area contributed by atoms with Gasteiger partial charge in [-0.2, -0.15) is 0 Å². The molecule has 8 heteroatoms. The number of hydrogen-bond acceptors (Lipinski definition) is 6. The third-order valence-corrected chi connectivity index (χ3v) is 6.63. The molecule has 1 aliphatic rings. The third kappa shape index (κ3) is 4.14. The molecule has 0 radical (unpaired) electrons. The minimum atomic E-state index is -0.883. The molecule has 3 aromatic heterocycles. The van der Waals surface area contributed by atoms with Crippen molar-refractivity contribution in [2.75, 3.05) is 36.0 Å². The molecule has 7 nitrogen and oxygen atoms in total. The molecule has 1 N–H and O–H groups in total. The first kappa shape index (κ1) is 21.7. The average molecular weight is 463 g/mol. The number of aryl methyl sites for hydroxylation is 1. The van der Waals surface area contributed by atoms with E-state index in [0.717, 1.165) is 65.8 Å². The molecule has 4 heterocycles. The van der Waals surface area contributed by atoms with Gasteiger partial charge in [-0.05, 0) is 45.0 Å². The lowest BCUT2D eigenvalue weighted by atomic mass is 10.0. The molecule has 33 heavy (non-hydrogen) atoms. The monoisotopic (exact) mass is 462 g/mol. The Morgan fingerprint density at radius 2 is 1.76 bits per heavy atom. The van der Waals surface area contributed by atoms with Crippen LogP contribution < -0.4 is 9.80 Å². The van der Waals surface area contributed by atoms with Gasteiger partial charge in [0, 0.05) is 67.3 Å². The number of halogens is 1. The summed E-state index contributed by atoms with van der Waals surface area (Å²) < 4.78 is 2.03. The van der Waals surface area contributed by atoms with E-state index in [1.54, 1.807) is 32.4 Å². The Balaban J connectivity index is 1.35. The summed E-state index contributed by atoms with van der Waals surface area (Å²) in [6.07, 6.45) is 7.20. The molecule has 170 valence electrons. The summed E-state index contributed by atoms with van der Waals surface area (Å²) in [7, 11) is 0. The second-order valence-electron chi connectivity index (χ2n) is 8.95. The summed E-state index contributed by atoms with van der Waals surface area (Å²) in [6, 6.07) is 10.1. The number of fused-ring (bicyclic) bond motifs is 1. The average Bonchev–Trinajstić information content (AvgIpc) is 3.15. The first-order valence-corrected chi connectivity index (χ1v) is 11.5. The van der Waals surface area contributed by atoms with Gasteiger partial charge in [0.05, 0.1) is 22.5 Å². The molecular weight excluding hydrogens is 436 g/mol. The minimum absolute atomic E-state index is 0.688. The van der Waals surface area contributed by atoms with E-state index in [-0.39, 0.29) is 0 Å². The summed E-state index contributed by atoms with van der Waals surface area (Å²) in [4.78, 5) is 18.2. The van der Waals surface area contributed by atoms with E-state index < -0.39 is 5.60 Å². The lowest BCUT2D eigenvalue weighted by Gasteiger charge is -2.37. The Morgan fingerprint density at radius 1 is 1.00 bits per heavy atom. The largest absolute Gasteiger partial charge is 0.386 e. The van der Waals surface area contributed by atoms with E-state index in [0.29, 0.717) is 5.02 Å². The fraction of sp³-hybridized carbons (Fsp3) is 0.320. The Labute approximate surface area is 198 Å². The second kappa shape index (κ2) is 8.32. The predicted molar refractivity (Wildman–Crippen MR) is 132 cm³/mol. The summed E-state index contributed by atoms with van der Waals surface area (Å²) in [5.41, 5.74) is 4.73. The number of nitrogens with zero attached hydrogens (tertiary/aromatic N) is 6. The van der Waals surface area contributed by atoms with Crippen molar-refractivity contribution in [3.8, 4) is 11.3 Å². The number of anilines is 2. The Morgan fingerprint density at radius 3 is 2.42 bits per heavy atom. The molecule has 0 unspecified atom stereocenters. The van der Waals surface area contributed by atoms with Crippen LogP contribution in [-0.4, -0.2) is 50.6 Å². The Bertz CT molecular complexity index is 1290. The molecule has 5 rings (SSSR count). The van der Waals surface area contributed by atoms with E-state index in [2.05, 4.69) is 31.9 Å². The van der Waals surface area contributed by atoms with E-state index in [4.69, 9.17) is 16.6 Å². The molecule has 0 aliphatic carbocycles. The van der Waals surface area contributed by atoms with Crippen LogP contribution in [0.5, 0.6) is 0 Å². The van der Waals surface area contributed by atoms with Gasteiger partial charge in [0.25, 0.3) is 0 Å².